The number of aliphatic imine (C=N–C) groups is 1. The molecule has 0 aromatic rings. The summed E-state index contributed by atoms with van der Waals surface area (Å²) in [6.45, 7) is 3.54. The Balaban J connectivity index is 3.19. The second-order valence-corrected chi connectivity index (χ2v) is 3.15. The van der Waals surface area contributed by atoms with Crippen LogP contribution in [0.4, 0.5) is 0 Å². The van der Waals surface area contributed by atoms with Crippen LogP contribution in [-0.2, 0) is 0 Å². The minimum atomic E-state index is -0.856. The molecule has 78 valence electrons. The van der Waals surface area contributed by atoms with E-state index in [-0.39, 0.29) is 11.8 Å². The first-order chi connectivity index (χ1) is 6.43. The Morgan fingerprint density at radius 3 is 2.14 bits per heavy atom. The molecule has 0 aliphatic carbocycles. The van der Waals surface area contributed by atoms with Crippen molar-refractivity contribution in [3.8, 4) is 0 Å². The van der Waals surface area contributed by atoms with E-state index in [2.05, 4.69) is 10.3 Å². The fraction of sp³-hybridized carbons (Fsp3) is 0.375. The van der Waals surface area contributed by atoms with Crippen LogP contribution in [0.5, 0.6) is 0 Å². The predicted molar refractivity (Wildman–Crippen MR) is 50.0 cm³/mol. The van der Waals surface area contributed by atoms with Crippen LogP contribution in [0.2, 0.25) is 0 Å². The van der Waals surface area contributed by atoms with Crippen molar-refractivity contribution in [1.29, 1.82) is 0 Å². The second-order valence-electron chi connectivity index (χ2n) is 3.15. The highest BCUT2D eigenvalue weighted by molar-refractivity contribution is 5.86. The summed E-state index contributed by atoms with van der Waals surface area (Å²) in [5.74, 6) is -2.91. The average molecular weight is 200 g/mol. The fourth-order valence-electron chi connectivity index (χ4n) is 0.867. The summed E-state index contributed by atoms with van der Waals surface area (Å²) in [6, 6.07) is 0. The van der Waals surface area contributed by atoms with E-state index in [1.807, 2.05) is 0 Å². The van der Waals surface area contributed by atoms with Crippen LogP contribution < -0.4 is 5.32 Å². The topological polar surface area (TPSA) is 105 Å². The first-order valence-electron chi connectivity index (χ1n) is 4.04. The van der Waals surface area contributed by atoms with E-state index in [0.717, 1.165) is 0 Å². The van der Waals surface area contributed by atoms with Crippen molar-refractivity contribution < 1.29 is 20.4 Å². The van der Waals surface area contributed by atoms with Crippen molar-refractivity contribution >= 4 is 5.84 Å². The van der Waals surface area contributed by atoms with Gasteiger partial charge in [0.1, 0.15) is 5.84 Å². The molecule has 6 heteroatoms. The quantitative estimate of drug-likeness (QED) is 0.437. The molecule has 6 nitrogen and oxygen atoms in total. The summed E-state index contributed by atoms with van der Waals surface area (Å²) >= 11 is 0. The van der Waals surface area contributed by atoms with E-state index in [4.69, 9.17) is 15.3 Å². The highest BCUT2D eigenvalue weighted by Crippen LogP contribution is 2.15. The zero-order valence-electron chi connectivity index (χ0n) is 7.81. The SMILES string of the molecule is CC(C)C1=NC(O)=C(O)C(O)=C(O)N1. The molecule has 0 fully saturated rings. The predicted octanol–water partition coefficient (Wildman–Crippen LogP) is 1.21. The summed E-state index contributed by atoms with van der Waals surface area (Å²) in [5, 5.41) is 39.0. The van der Waals surface area contributed by atoms with E-state index in [9.17, 15) is 5.11 Å². The van der Waals surface area contributed by atoms with Gasteiger partial charge in [-0.25, -0.2) is 0 Å². The Bertz CT molecular complexity index is 341. The van der Waals surface area contributed by atoms with Gasteiger partial charge >= 0.3 is 0 Å². The molecular formula is C8H12N2O4. The van der Waals surface area contributed by atoms with Gasteiger partial charge in [-0.3, -0.25) is 0 Å². The maximum atomic E-state index is 9.20. The number of hydrogen-bond acceptors (Lipinski definition) is 6. The third-order valence-corrected chi connectivity index (χ3v) is 1.68. The summed E-state index contributed by atoms with van der Waals surface area (Å²) < 4.78 is 0. The lowest BCUT2D eigenvalue weighted by Gasteiger charge is -2.09. The van der Waals surface area contributed by atoms with Crippen LogP contribution in [-0.4, -0.2) is 26.3 Å². The minimum absolute atomic E-state index is 0.0991. The molecule has 0 radical (unpaired) electrons. The van der Waals surface area contributed by atoms with Crippen molar-refractivity contribution in [2.24, 2.45) is 10.9 Å². The van der Waals surface area contributed by atoms with Gasteiger partial charge in [0.25, 0.3) is 5.88 Å². The Morgan fingerprint density at radius 1 is 1.07 bits per heavy atom. The number of hydrogen-bond donors (Lipinski definition) is 5. The van der Waals surface area contributed by atoms with E-state index in [1.54, 1.807) is 13.8 Å². The molecule has 0 unspecified atom stereocenters. The summed E-state index contributed by atoms with van der Waals surface area (Å²) in [7, 11) is 0. The minimum Gasteiger partial charge on any atom is -0.500 e. The van der Waals surface area contributed by atoms with Gasteiger partial charge in [0, 0.05) is 5.92 Å². The van der Waals surface area contributed by atoms with Crippen molar-refractivity contribution in [1.82, 2.24) is 5.32 Å². The molecule has 1 aliphatic heterocycles. The third kappa shape index (κ3) is 1.73. The summed E-state index contributed by atoms with van der Waals surface area (Å²) in [4.78, 5) is 3.59. The zero-order chi connectivity index (χ0) is 10.9. The molecule has 0 aromatic heterocycles. The maximum absolute atomic E-state index is 9.20. The number of amidine groups is 1. The lowest BCUT2D eigenvalue weighted by molar-refractivity contribution is 0.255. The van der Waals surface area contributed by atoms with Crippen molar-refractivity contribution in [3.05, 3.63) is 23.3 Å². The van der Waals surface area contributed by atoms with Gasteiger partial charge in [-0.05, 0) is 0 Å². The molecule has 14 heavy (non-hydrogen) atoms. The molecule has 5 N–H and O–H groups in total. The van der Waals surface area contributed by atoms with E-state index >= 15 is 0 Å². The lowest BCUT2D eigenvalue weighted by atomic mass is 10.2. The van der Waals surface area contributed by atoms with E-state index in [0.29, 0.717) is 0 Å². The van der Waals surface area contributed by atoms with E-state index < -0.39 is 23.3 Å². The Labute approximate surface area is 80.5 Å². The Morgan fingerprint density at radius 2 is 1.64 bits per heavy atom. The van der Waals surface area contributed by atoms with Crippen molar-refractivity contribution in [3.63, 3.8) is 0 Å². The van der Waals surface area contributed by atoms with Gasteiger partial charge in [-0.1, -0.05) is 13.8 Å². The van der Waals surface area contributed by atoms with Crippen LogP contribution in [0.25, 0.3) is 0 Å². The molecule has 0 aromatic carbocycles. The molecule has 1 aliphatic rings. The van der Waals surface area contributed by atoms with Gasteiger partial charge in [0.05, 0.1) is 0 Å². The van der Waals surface area contributed by atoms with Gasteiger partial charge < -0.3 is 25.7 Å². The summed E-state index contributed by atoms with van der Waals surface area (Å²) in [5.41, 5.74) is 0. The van der Waals surface area contributed by atoms with Crippen LogP contribution in [0.1, 0.15) is 13.8 Å². The second kappa shape index (κ2) is 3.49. The average Bonchev–Trinajstić information content (AvgIpc) is 2.20. The monoisotopic (exact) mass is 200 g/mol. The zero-order valence-corrected chi connectivity index (χ0v) is 7.81. The van der Waals surface area contributed by atoms with Gasteiger partial charge in [-0.2, -0.15) is 4.99 Å². The van der Waals surface area contributed by atoms with Gasteiger partial charge in [-0.15, -0.1) is 0 Å². The summed E-state index contributed by atoms with van der Waals surface area (Å²) in [6.07, 6.45) is 0. The fourth-order valence-corrected chi connectivity index (χ4v) is 0.867. The molecule has 0 saturated heterocycles. The number of nitrogens with zero attached hydrogens (tertiary/aromatic N) is 1. The number of aliphatic hydroxyl groups is 4. The number of rotatable bonds is 1. The van der Waals surface area contributed by atoms with Crippen molar-refractivity contribution in [2.75, 3.05) is 0 Å². The molecule has 0 amide bonds. The molecule has 1 heterocycles. The smallest absolute Gasteiger partial charge is 0.260 e. The Hall–Kier alpha value is -1.85. The van der Waals surface area contributed by atoms with Gasteiger partial charge in [0.2, 0.25) is 17.4 Å². The first kappa shape index (κ1) is 10.2. The van der Waals surface area contributed by atoms with E-state index in [1.165, 1.54) is 0 Å². The molecule has 0 spiro atoms. The normalized spacial score (nSPS) is 18.1. The van der Waals surface area contributed by atoms with Crippen LogP contribution in [0, 0.1) is 5.92 Å². The number of nitrogens with one attached hydrogen (secondary N) is 1. The largest absolute Gasteiger partial charge is 0.500 e. The van der Waals surface area contributed by atoms with Crippen LogP contribution in [0.15, 0.2) is 28.3 Å². The lowest BCUT2D eigenvalue weighted by Crippen LogP contribution is -2.27. The third-order valence-electron chi connectivity index (χ3n) is 1.68. The Kier molecular flexibility index (Phi) is 2.55. The molecule has 0 atom stereocenters. The standard InChI is InChI=1S/C8H12N2O4/c1-3(2)6-9-7(13)4(11)5(12)8(14)10-6/h3,11-14H,1-2H3,(H,9,10). The molecule has 1 rings (SSSR count). The van der Waals surface area contributed by atoms with Gasteiger partial charge in [0.15, 0.2) is 0 Å². The highest BCUT2D eigenvalue weighted by atomic mass is 16.4. The molecule has 0 bridgehead atoms. The highest BCUT2D eigenvalue weighted by Gasteiger charge is 2.21. The van der Waals surface area contributed by atoms with Crippen LogP contribution >= 0.6 is 0 Å². The van der Waals surface area contributed by atoms with Crippen LogP contribution in [0.3, 0.4) is 0 Å². The van der Waals surface area contributed by atoms with Crippen molar-refractivity contribution in [2.45, 2.75) is 13.8 Å². The number of aliphatic hydroxyl groups excluding tert-OH is 4. The maximum Gasteiger partial charge on any atom is 0.260 e. The molecule has 0 saturated carbocycles. The first-order valence-corrected chi connectivity index (χ1v) is 4.04. The molecular weight excluding hydrogens is 188 g/mol.